The van der Waals surface area contributed by atoms with Gasteiger partial charge < -0.3 is 24.8 Å². The van der Waals surface area contributed by atoms with Crippen LogP contribution in [0.1, 0.15) is 37.7 Å². The molecule has 2 bridgehead atoms. The van der Waals surface area contributed by atoms with Gasteiger partial charge in [-0.15, -0.1) is 12.4 Å². The van der Waals surface area contributed by atoms with Crippen LogP contribution in [-0.4, -0.2) is 39.3 Å². The summed E-state index contributed by atoms with van der Waals surface area (Å²) in [5.41, 5.74) is 0.874. The number of rotatable bonds is 7. The molecule has 6 nitrogen and oxygen atoms in total. The number of methoxy groups -OCH3 is 3. The van der Waals surface area contributed by atoms with E-state index in [0.29, 0.717) is 48.2 Å². The number of hydrogen-bond donors (Lipinski definition) is 2. The summed E-state index contributed by atoms with van der Waals surface area (Å²) in [6.45, 7) is 0.417. The number of amides is 1. The van der Waals surface area contributed by atoms with Gasteiger partial charge in [0.15, 0.2) is 11.5 Å². The van der Waals surface area contributed by atoms with E-state index in [4.69, 9.17) is 14.2 Å². The molecule has 3 rings (SSSR count). The molecule has 2 heterocycles. The van der Waals surface area contributed by atoms with E-state index in [0.717, 1.165) is 18.4 Å². The fourth-order valence-electron chi connectivity index (χ4n) is 4.17. The van der Waals surface area contributed by atoms with Crippen molar-refractivity contribution < 1.29 is 19.0 Å². The molecule has 1 aromatic carbocycles. The Morgan fingerprint density at radius 3 is 2.31 bits per heavy atom. The molecule has 2 unspecified atom stereocenters. The smallest absolute Gasteiger partial charge is 0.220 e. The van der Waals surface area contributed by atoms with Crippen molar-refractivity contribution >= 4 is 18.3 Å². The van der Waals surface area contributed by atoms with Gasteiger partial charge in [0.2, 0.25) is 11.7 Å². The first kappa shape index (κ1) is 20.6. The number of hydrogen-bond acceptors (Lipinski definition) is 5. The first-order valence-electron chi connectivity index (χ1n) is 8.95. The third-order valence-electron chi connectivity index (χ3n) is 5.31. The Hall–Kier alpha value is -1.66. The van der Waals surface area contributed by atoms with Gasteiger partial charge in [0, 0.05) is 30.6 Å². The number of piperidine rings is 1. The lowest BCUT2D eigenvalue weighted by Gasteiger charge is -2.28. The van der Waals surface area contributed by atoms with E-state index >= 15 is 0 Å². The van der Waals surface area contributed by atoms with Crippen LogP contribution in [-0.2, 0) is 11.3 Å². The molecule has 2 aliphatic rings. The van der Waals surface area contributed by atoms with E-state index in [-0.39, 0.29) is 18.3 Å². The molecule has 26 heavy (non-hydrogen) atoms. The van der Waals surface area contributed by atoms with Gasteiger partial charge in [-0.2, -0.15) is 0 Å². The van der Waals surface area contributed by atoms with Crippen LogP contribution in [0.15, 0.2) is 12.1 Å². The SMILES string of the molecule is COc1ccc(CNC(=O)CC2CC3CCC(C2)N3)c(OC)c1OC.Cl. The molecule has 2 atom stereocenters. The minimum atomic E-state index is 0. The van der Waals surface area contributed by atoms with Crippen molar-refractivity contribution in [3.05, 3.63) is 17.7 Å². The molecule has 1 amide bonds. The lowest BCUT2D eigenvalue weighted by atomic mass is 9.89. The molecule has 146 valence electrons. The van der Waals surface area contributed by atoms with Gasteiger partial charge in [0.25, 0.3) is 0 Å². The van der Waals surface area contributed by atoms with E-state index in [1.165, 1.54) is 12.8 Å². The van der Waals surface area contributed by atoms with E-state index in [1.807, 2.05) is 12.1 Å². The van der Waals surface area contributed by atoms with Crippen LogP contribution in [0.5, 0.6) is 17.2 Å². The molecule has 0 aliphatic carbocycles. The third kappa shape index (κ3) is 4.54. The highest BCUT2D eigenvalue weighted by Gasteiger charge is 2.34. The Labute approximate surface area is 161 Å². The highest BCUT2D eigenvalue weighted by atomic mass is 35.5. The summed E-state index contributed by atoms with van der Waals surface area (Å²) in [6, 6.07) is 4.95. The van der Waals surface area contributed by atoms with Crippen LogP contribution in [0, 0.1) is 5.92 Å². The predicted molar refractivity (Wildman–Crippen MR) is 102 cm³/mol. The van der Waals surface area contributed by atoms with Crippen LogP contribution in [0.3, 0.4) is 0 Å². The first-order valence-corrected chi connectivity index (χ1v) is 8.95. The summed E-state index contributed by atoms with van der Waals surface area (Å²) < 4.78 is 16.1. The molecule has 7 heteroatoms. The zero-order valence-electron chi connectivity index (χ0n) is 15.7. The van der Waals surface area contributed by atoms with Crippen LogP contribution >= 0.6 is 12.4 Å². The van der Waals surface area contributed by atoms with Crippen LogP contribution < -0.4 is 24.8 Å². The fourth-order valence-corrected chi connectivity index (χ4v) is 4.17. The van der Waals surface area contributed by atoms with E-state index in [1.54, 1.807) is 21.3 Å². The molecule has 0 aromatic heterocycles. The quantitative estimate of drug-likeness (QED) is 0.756. The lowest BCUT2D eigenvalue weighted by Crippen LogP contribution is -2.39. The maximum atomic E-state index is 12.4. The largest absolute Gasteiger partial charge is 0.493 e. The van der Waals surface area contributed by atoms with Gasteiger partial charge in [-0.25, -0.2) is 0 Å². The average Bonchev–Trinajstić information content (AvgIpc) is 2.97. The molecule has 2 N–H and O–H groups in total. The highest BCUT2D eigenvalue weighted by molar-refractivity contribution is 5.85. The summed E-state index contributed by atoms with van der Waals surface area (Å²) in [5, 5.41) is 6.64. The maximum Gasteiger partial charge on any atom is 0.220 e. The molecule has 0 saturated carbocycles. The molecule has 2 aliphatic heterocycles. The molecular formula is C19H29ClN2O4. The Balaban J connectivity index is 0.00000243. The van der Waals surface area contributed by atoms with Gasteiger partial charge in [-0.05, 0) is 43.7 Å². The Morgan fingerprint density at radius 2 is 1.73 bits per heavy atom. The first-order chi connectivity index (χ1) is 12.1. The van der Waals surface area contributed by atoms with Gasteiger partial charge in [0.1, 0.15) is 0 Å². The molecule has 2 fully saturated rings. The van der Waals surface area contributed by atoms with Crippen molar-refractivity contribution in [3.8, 4) is 17.2 Å². The van der Waals surface area contributed by atoms with Crippen molar-refractivity contribution in [2.45, 2.75) is 50.7 Å². The Bertz CT molecular complexity index is 614. The normalized spacial score (nSPS) is 23.7. The van der Waals surface area contributed by atoms with Gasteiger partial charge >= 0.3 is 0 Å². The van der Waals surface area contributed by atoms with Crippen molar-refractivity contribution in [3.63, 3.8) is 0 Å². The van der Waals surface area contributed by atoms with E-state index < -0.39 is 0 Å². The lowest BCUT2D eigenvalue weighted by molar-refractivity contribution is -0.122. The second kappa shape index (κ2) is 9.33. The number of carbonyl (C=O) groups is 1. The van der Waals surface area contributed by atoms with Crippen molar-refractivity contribution in [2.75, 3.05) is 21.3 Å². The van der Waals surface area contributed by atoms with Crippen LogP contribution in [0.2, 0.25) is 0 Å². The van der Waals surface area contributed by atoms with E-state index in [9.17, 15) is 4.79 Å². The summed E-state index contributed by atoms with van der Waals surface area (Å²) >= 11 is 0. The fraction of sp³-hybridized carbons (Fsp3) is 0.632. The minimum absolute atomic E-state index is 0. The average molecular weight is 385 g/mol. The summed E-state index contributed by atoms with van der Waals surface area (Å²) in [6.07, 6.45) is 5.34. The topological polar surface area (TPSA) is 68.8 Å². The standard InChI is InChI=1S/C19H28N2O4.ClH/c1-23-16-7-4-13(18(24-2)19(16)25-3)11-20-17(22)10-12-8-14-5-6-15(9-12)21-14;/h4,7,12,14-15,21H,5-6,8-11H2,1-3H3,(H,20,22);1H. The number of carbonyl (C=O) groups excluding carboxylic acids is 1. The summed E-state index contributed by atoms with van der Waals surface area (Å²) in [4.78, 5) is 12.4. The number of ether oxygens (including phenoxy) is 3. The molecule has 1 aromatic rings. The zero-order chi connectivity index (χ0) is 17.8. The number of halogens is 1. The number of fused-ring (bicyclic) bond motifs is 2. The van der Waals surface area contributed by atoms with Crippen molar-refractivity contribution in [1.29, 1.82) is 0 Å². The third-order valence-corrected chi connectivity index (χ3v) is 5.31. The summed E-state index contributed by atoms with van der Waals surface area (Å²) in [7, 11) is 4.76. The molecular weight excluding hydrogens is 356 g/mol. The van der Waals surface area contributed by atoms with Gasteiger partial charge in [0.05, 0.1) is 21.3 Å². The maximum absolute atomic E-state index is 12.4. The summed E-state index contributed by atoms with van der Waals surface area (Å²) in [5.74, 6) is 2.35. The minimum Gasteiger partial charge on any atom is -0.493 e. The molecule has 0 radical (unpaired) electrons. The highest BCUT2D eigenvalue weighted by Crippen LogP contribution is 2.39. The second-order valence-corrected chi connectivity index (χ2v) is 6.95. The van der Waals surface area contributed by atoms with Crippen molar-refractivity contribution in [1.82, 2.24) is 10.6 Å². The Morgan fingerprint density at radius 1 is 1.08 bits per heavy atom. The number of nitrogens with one attached hydrogen (secondary N) is 2. The van der Waals surface area contributed by atoms with Crippen LogP contribution in [0.4, 0.5) is 0 Å². The zero-order valence-corrected chi connectivity index (χ0v) is 16.5. The Kier molecular flexibility index (Phi) is 7.41. The molecule has 0 spiro atoms. The van der Waals surface area contributed by atoms with E-state index in [2.05, 4.69) is 10.6 Å². The predicted octanol–water partition coefficient (Wildman–Crippen LogP) is 2.67. The van der Waals surface area contributed by atoms with Gasteiger partial charge in [-0.1, -0.05) is 0 Å². The monoisotopic (exact) mass is 384 g/mol. The second-order valence-electron chi connectivity index (χ2n) is 6.95. The number of benzene rings is 1. The van der Waals surface area contributed by atoms with Gasteiger partial charge in [-0.3, -0.25) is 4.79 Å². The molecule has 2 saturated heterocycles. The van der Waals surface area contributed by atoms with Crippen LogP contribution in [0.25, 0.3) is 0 Å². The van der Waals surface area contributed by atoms with Crippen molar-refractivity contribution in [2.24, 2.45) is 5.92 Å².